The maximum Gasteiger partial charge on any atom is 0.243 e. The highest BCUT2D eigenvalue weighted by Crippen LogP contribution is 2.22. The smallest absolute Gasteiger partial charge is 0.243 e. The summed E-state index contributed by atoms with van der Waals surface area (Å²) in [6.45, 7) is 0.946. The molecule has 0 radical (unpaired) electrons. The Labute approximate surface area is 127 Å². The van der Waals surface area contributed by atoms with Crippen molar-refractivity contribution in [3.8, 4) is 0 Å². The third kappa shape index (κ3) is 3.30. The van der Waals surface area contributed by atoms with E-state index in [1.807, 2.05) is 0 Å². The molecular weight excluding hydrogens is 319 g/mol. The first-order valence-corrected chi connectivity index (χ1v) is 9.10. The highest BCUT2D eigenvalue weighted by molar-refractivity contribution is 7.99. The van der Waals surface area contributed by atoms with Crippen LogP contribution in [0.4, 0.5) is 4.39 Å². The molecule has 2 rings (SSSR count). The number of thiocarbonyl (C=S) groups is 1. The van der Waals surface area contributed by atoms with Gasteiger partial charge in [0, 0.05) is 24.4 Å². The molecular formula is C12H15FN2O2S3. The molecule has 1 aliphatic heterocycles. The summed E-state index contributed by atoms with van der Waals surface area (Å²) in [4.78, 5) is -0.112. The van der Waals surface area contributed by atoms with Gasteiger partial charge in [-0.1, -0.05) is 12.2 Å². The van der Waals surface area contributed by atoms with Gasteiger partial charge in [0.1, 0.15) is 10.8 Å². The minimum absolute atomic E-state index is 0.0357. The zero-order valence-electron chi connectivity index (χ0n) is 10.7. The number of halogens is 1. The van der Waals surface area contributed by atoms with Crippen molar-refractivity contribution < 1.29 is 12.8 Å². The predicted molar refractivity (Wildman–Crippen MR) is 83.0 cm³/mol. The molecule has 1 heterocycles. The Morgan fingerprint density at radius 1 is 1.35 bits per heavy atom. The summed E-state index contributed by atoms with van der Waals surface area (Å²) in [5.41, 5.74) is 5.37. The van der Waals surface area contributed by atoms with Crippen LogP contribution in [0.2, 0.25) is 0 Å². The van der Waals surface area contributed by atoms with Crippen molar-refractivity contribution in [1.29, 1.82) is 0 Å². The molecule has 0 atom stereocenters. The molecule has 1 aliphatic rings. The minimum Gasteiger partial charge on any atom is -0.389 e. The Kier molecular flexibility index (Phi) is 5.00. The third-order valence-electron chi connectivity index (χ3n) is 3.02. The van der Waals surface area contributed by atoms with Gasteiger partial charge in [0.25, 0.3) is 0 Å². The van der Waals surface area contributed by atoms with Gasteiger partial charge in [0.2, 0.25) is 10.0 Å². The van der Waals surface area contributed by atoms with Gasteiger partial charge in [0.05, 0.1) is 4.90 Å². The van der Waals surface area contributed by atoms with E-state index in [-0.39, 0.29) is 15.4 Å². The molecule has 1 saturated heterocycles. The fourth-order valence-electron chi connectivity index (χ4n) is 1.97. The van der Waals surface area contributed by atoms with Crippen LogP contribution in [-0.4, -0.2) is 42.3 Å². The van der Waals surface area contributed by atoms with Crippen molar-refractivity contribution >= 4 is 39.0 Å². The van der Waals surface area contributed by atoms with Gasteiger partial charge in [-0.05, 0) is 30.4 Å². The quantitative estimate of drug-likeness (QED) is 0.851. The number of thioether (sulfide) groups is 1. The fourth-order valence-corrected chi connectivity index (χ4v) is 4.63. The topological polar surface area (TPSA) is 63.4 Å². The summed E-state index contributed by atoms with van der Waals surface area (Å²) in [7, 11) is -3.62. The first kappa shape index (κ1) is 15.7. The van der Waals surface area contributed by atoms with Gasteiger partial charge in [-0.25, -0.2) is 12.8 Å². The highest BCUT2D eigenvalue weighted by atomic mass is 32.2. The summed E-state index contributed by atoms with van der Waals surface area (Å²) in [6.07, 6.45) is 0.813. The molecule has 0 saturated carbocycles. The second kappa shape index (κ2) is 6.38. The monoisotopic (exact) mass is 334 g/mol. The third-order valence-corrected chi connectivity index (χ3v) is 6.19. The second-order valence-corrected chi connectivity index (χ2v) is 7.98. The van der Waals surface area contributed by atoms with Crippen molar-refractivity contribution in [1.82, 2.24) is 4.31 Å². The molecule has 0 amide bonds. The molecule has 0 aromatic heterocycles. The molecule has 1 fully saturated rings. The van der Waals surface area contributed by atoms with Gasteiger partial charge in [-0.3, -0.25) is 0 Å². The molecule has 2 N–H and O–H groups in total. The lowest BCUT2D eigenvalue weighted by Gasteiger charge is -2.20. The lowest BCUT2D eigenvalue weighted by molar-refractivity contribution is 0.435. The SMILES string of the molecule is NC(=S)c1cc(S(=O)(=O)N2CCCSCC2)ccc1F. The van der Waals surface area contributed by atoms with Crippen LogP contribution < -0.4 is 5.73 Å². The van der Waals surface area contributed by atoms with Crippen LogP contribution in [0.15, 0.2) is 23.1 Å². The van der Waals surface area contributed by atoms with E-state index in [1.165, 1.54) is 16.4 Å². The van der Waals surface area contributed by atoms with E-state index in [4.69, 9.17) is 18.0 Å². The first-order valence-electron chi connectivity index (χ1n) is 6.10. The van der Waals surface area contributed by atoms with E-state index < -0.39 is 15.8 Å². The Bertz CT molecular complexity index is 611. The van der Waals surface area contributed by atoms with Crippen LogP contribution in [0.25, 0.3) is 0 Å². The Hall–Kier alpha value is -0.700. The highest BCUT2D eigenvalue weighted by Gasteiger charge is 2.26. The van der Waals surface area contributed by atoms with E-state index in [0.29, 0.717) is 13.1 Å². The second-order valence-electron chi connectivity index (χ2n) is 4.38. The summed E-state index contributed by atoms with van der Waals surface area (Å²) in [6, 6.07) is 3.56. The molecule has 0 unspecified atom stereocenters. The number of nitrogens with zero attached hydrogens (tertiary/aromatic N) is 1. The fraction of sp³-hybridized carbons (Fsp3) is 0.417. The number of rotatable bonds is 3. The van der Waals surface area contributed by atoms with Crippen LogP contribution in [0.3, 0.4) is 0 Å². The summed E-state index contributed by atoms with van der Waals surface area (Å²) in [5.74, 6) is 1.11. The maximum absolute atomic E-state index is 13.5. The van der Waals surface area contributed by atoms with Gasteiger partial charge < -0.3 is 5.73 Å². The standard InChI is InChI=1S/C12H15FN2O2S3/c13-11-3-2-9(8-10(11)12(14)18)20(16,17)15-4-1-6-19-7-5-15/h2-3,8H,1,4-7H2,(H2,14,18). The molecule has 8 heteroatoms. The molecule has 0 aliphatic carbocycles. The first-order chi connectivity index (χ1) is 9.43. The van der Waals surface area contributed by atoms with E-state index in [0.717, 1.165) is 24.0 Å². The predicted octanol–water partition coefficient (Wildman–Crippen LogP) is 1.59. The van der Waals surface area contributed by atoms with E-state index >= 15 is 0 Å². The van der Waals surface area contributed by atoms with Crippen LogP contribution in [-0.2, 0) is 10.0 Å². The maximum atomic E-state index is 13.5. The number of hydrogen-bond donors (Lipinski definition) is 1. The molecule has 1 aromatic carbocycles. The summed E-state index contributed by atoms with van der Waals surface area (Å²) >= 11 is 6.47. The Morgan fingerprint density at radius 3 is 2.80 bits per heavy atom. The van der Waals surface area contributed by atoms with Crippen LogP contribution in [0, 0.1) is 5.82 Å². The molecule has 0 bridgehead atoms. The molecule has 1 aromatic rings. The lowest BCUT2D eigenvalue weighted by atomic mass is 10.2. The average molecular weight is 334 g/mol. The van der Waals surface area contributed by atoms with Crippen molar-refractivity contribution in [2.75, 3.05) is 24.6 Å². The van der Waals surface area contributed by atoms with E-state index in [9.17, 15) is 12.8 Å². The van der Waals surface area contributed by atoms with Gasteiger partial charge in [-0.15, -0.1) is 0 Å². The van der Waals surface area contributed by atoms with Crippen molar-refractivity contribution in [2.45, 2.75) is 11.3 Å². The van der Waals surface area contributed by atoms with E-state index in [2.05, 4.69) is 0 Å². The van der Waals surface area contributed by atoms with Crippen LogP contribution >= 0.6 is 24.0 Å². The molecule has 110 valence electrons. The summed E-state index contributed by atoms with van der Waals surface area (Å²) in [5, 5.41) is 0. The summed E-state index contributed by atoms with van der Waals surface area (Å²) < 4.78 is 40.0. The lowest BCUT2D eigenvalue weighted by Crippen LogP contribution is -2.33. The molecule has 20 heavy (non-hydrogen) atoms. The van der Waals surface area contributed by atoms with Crippen LogP contribution in [0.5, 0.6) is 0 Å². The normalized spacial score (nSPS) is 17.6. The van der Waals surface area contributed by atoms with E-state index in [1.54, 1.807) is 11.8 Å². The Morgan fingerprint density at radius 2 is 2.10 bits per heavy atom. The number of benzene rings is 1. The molecule has 4 nitrogen and oxygen atoms in total. The number of hydrogen-bond acceptors (Lipinski definition) is 4. The number of nitrogens with two attached hydrogens (primary N) is 1. The zero-order valence-corrected chi connectivity index (χ0v) is 13.2. The van der Waals surface area contributed by atoms with Crippen molar-refractivity contribution in [3.05, 3.63) is 29.6 Å². The largest absolute Gasteiger partial charge is 0.389 e. The Balaban J connectivity index is 2.38. The average Bonchev–Trinajstić information content (AvgIpc) is 2.67. The minimum atomic E-state index is -3.62. The van der Waals surface area contributed by atoms with Gasteiger partial charge in [-0.2, -0.15) is 16.1 Å². The molecule has 0 spiro atoms. The van der Waals surface area contributed by atoms with Crippen LogP contribution in [0.1, 0.15) is 12.0 Å². The van der Waals surface area contributed by atoms with Crippen molar-refractivity contribution in [3.63, 3.8) is 0 Å². The zero-order chi connectivity index (χ0) is 14.8. The van der Waals surface area contributed by atoms with Crippen molar-refractivity contribution in [2.24, 2.45) is 5.73 Å². The van der Waals surface area contributed by atoms with Gasteiger partial charge >= 0.3 is 0 Å². The van der Waals surface area contributed by atoms with Gasteiger partial charge in [0.15, 0.2) is 0 Å². The number of sulfonamides is 1.